The second-order valence-corrected chi connectivity index (χ2v) is 5.67. The highest BCUT2D eigenvalue weighted by molar-refractivity contribution is 7.16. The fraction of sp³-hybridized carbons (Fsp3) is 0.231. The van der Waals surface area contributed by atoms with Gasteiger partial charge < -0.3 is 15.8 Å². The number of methoxy groups -OCH3 is 1. The molecule has 19 heavy (non-hydrogen) atoms. The summed E-state index contributed by atoms with van der Waals surface area (Å²) in [5.74, 6) is 0.241. The number of nitrogens with one attached hydrogen (secondary N) is 1. The number of hydrogen-bond acceptors (Lipinski definition) is 4. The van der Waals surface area contributed by atoms with Crippen LogP contribution < -0.4 is 15.8 Å². The molecule has 2 rings (SSSR count). The van der Waals surface area contributed by atoms with Crippen LogP contribution in [-0.2, 0) is 0 Å². The third-order valence-electron chi connectivity index (χ3n) is 2.68. The zero-order valence-electron chi connectivity index (χ0n) is 10.3. The van der Waals surface area contributed by atoms with E-state index in [4.69, 9.17) is 22.1 Å². The van der Waals surface area contributed by atoms with Crippen molar-refractivity contribution in [3.05, 3.63) is 45.4 Å². The summed E-state index contributed by atoms with van der Waals surface area (Å²) < 4.78 is 19.5. The van der Waals surface area contributed by atoms with Crippen molar-refractivity contribution in [3.63, 3.8) is 0 Å². The standard InChI is InChI=1S/C13H14ClFN2OS/c1-18-8-2-3-9(15)10(6-8)17-11(7-16)12-4-5-13(14)19-12/h2-6,11,17H,7,16H2,1H3. The molecule has 0 bridgehead atoms. The molecule has 2 aromatic rings. The molecular weight excluding hydrogens is 287 g/mol. The smallest absolute Gasteiger partial charge is 0.146 e. The summed E-state index contributed by atoms with van der Waals surface area (Å²) in [5.41, 5.74) is 6.09. The predicted octanol–water partition coefficient (Wildman–Crippen LogP) is 3.66. The third kappa shape index (κ3) is 3.37. The van der Waals surface area contributed by atoms with Crippen molar-refractivity contribution < 1.29 is 9.13 Å². The Balaban J connectivity index is 2.23. The SMILES string of the molecule is COc1ccc(F)c(NC(CN)c2ccc(Cl)s2)c1. The number of benzene rings is 1. The molecule has 3 N–H and O–H groups in total. The molecule has 1 aromatic heterocycles. The highest BCUT2D eigenvalue weighted by Gasteiger charge is 2.14. The van der Waals surface area contributed by atoms with Crippen LogP contribution in [0.15, 0.2) is 30.3 Å². The van der Waals surface area contributed by atoms with Crippen LogP contribution in [0.2, 0.25) is 4.34 Å². The average molecular weight is 301 g/mol. The van der Waals surface area contributed by atoms with Gasteiger partial charge in [-0.15, -0.1) is 11.3 Å². The molecule has 102 valence electrons. The Morgan fingerprint density at radius 2 is 2.21 bits per heavy atom. The number of rotatable bonds is 5. The van der Waals surface area contributed by atoms with Crippen LogP contribution in [-0.4, -0.2) is 13.7 Å². The highest BCUT2D eigenvalue weighted by atomic mass is 35.5. The second kappa shape index (κ2) is 6.23. The Kier molecular flexibility index (Phi) is 4.63. The Labute approximate surface area is 120 Å². The Morgan fingerprint density at radius 1 is 1.42 bits per heavy atom. The van der Waals surface area contributed by atoms with E-state index in [0.717, 1.165) is 4.88 Å². The van der Waals surface area contributed by atoms with Gasteiger partial charge in [-0.3, -0.25) is 0 Å². The van der Waals surface area contributed by atoms with Gasteiger partial charge in [0.15, 0.2) is 0 Å². The van der Waals surface area contributed by atoms with Crippen LogP contribution in [0.5, 0.6) is 5.75 Å². The number of thiophene rings is 1. The lowest BCUT2D eigenvalue weighted by Crippen LogP contribution is -2.20. The fourth-order valence-electron chi connectivity index (χ4n) is 1.69. The van der Waals surface area contributed by atoms with Crippen molar-refractivity contribution in [2.24, 2.45) is 5.73 Å². The summed E-state index contributed by atoms with van der Waals surface area (Å²) in [6, 6.07) is 8.03. The van der Waals surface area contributed by atoms with Crippen molar-refractivity contribution >= 4 is 28.6 Å². The number of ether oxygens (including phenoxy) is 1. The van der Waals surface area contributed by atoms with E-state index in [1.54, 1.807) is 18.2 Å². The summed E-state index contributed by atoms with van der Waals surface area (Å²) in [5, 5.41) is 3.07. The fourth-order valence-corrected chi connectivity index (χ4v) is 2.82. The van der Waals surface area contributed by atoms with Crippen molar-refractivity contribution in [2.45, 2.75) is 6.04 Å². The molecule has 0 fully saturated rings. The van der Waals surface area contributed by atoms with Crippen molar-refractivity contribution in [3.8, 4) is 5.75 Å². The number of hydrogen-bond donors (Lipinski definition) is 2. The molecule has 0 amide bonds. The van der Waals surface area contributed by atoms with Gasteiger partial charge >= 0.3 is 0 Å². The molecule has 0 aliphatic heterocycles. The van der Waals surface area contributed by atoms with Gasteiger partial charge in [-0.05, 0) is 24.3 Å². The van der Waals surface area contributed by atoms with E-state index in [1.165, 1.54) is 24.5 Å². The molecule has 0 aliphatic rings. The maximum Gasteiger partial charge on any atom is 0.146 e. The van der Waals surface area contributed by atoms with Crippen LogP contribution in [0.25, 0.3) is 0 Å². The Bertz CT molecular complexity index is 561. The zero-order chi connectivity index (χ0) is 13.8. The normalized spacial score (nSPS) is 12.2. The molecule has 6 heteroatoms. The van der Waals surface area contributed by atoms with E-state index in [-0.39, 0.29) is 11.9 Å². The lowest BCUT2D eigenvalue weighted by Gasteiger charge is -2.17. The molecule has 0 radical (unpaired) electrons. The van der Waals surface area contributed by atoms with Gasteiger partial charge in [0.2, 0.25) is 0 Å². The van der Waals surface area contributed by atoms with Crippen molar-refractivity contribution in [1.82, 2.24) is 0 Å². The first kappa shape index (κ1) is 14.1. The average Bonchev–Trinajstić information content (AvgIpc) is 2.84. The van der Waals surface area contributed by atoms with E-state index in [0.29, 0.717) is 22.3 Å². The molecule has 1 aromatic carbocycles. The number of anilines is 1. The summed E-state index contributed by atoms with van der Waals surface area (Å²) in [7, 11) is 1.54. The number of nitrogens with two attached hydrogens (primary N) is 1. The van der Waals surface area contributed by atoms with Crippen LogP contribution in [0.1, 0.15) is 10.9 Å². The second-order valence-electron chi connectivity index (χ2n) is 3.92. The highest BCUT2D eigenvalue weighted by Crippen LogP contribution is 2.30. The van der Waals surface area contributed by atoms with Gasteiger partial charge in [0.1, 0.15) is 11.6 Å². The molecule has 0 aliphatic carbocycles. The van der Waals surface area contributed by atoms with Gasteiger partial charge in [0.05, 0.1) is 23.2 Å². The molecular formula is C13H14ClFN2OS. The lowest BCUT2D eigenvalue weighted by atomic mass is 10.2. The predicted molar refractivity (Wildman–Crippen MR) is 77.7 cm³/mol. The molecule has 0 saturated carbocycles. The molecule has 0 spiro atoms. The molecule has 1 heterocycles. The van der Waals surface area contributed by atoms with Gasteiger partial charge in [-0.1, -0.05) is 11.6 Å². The maximum atomic E-state index is 13.7. The monoisotopic (exact) mass is 300 g/mol. The van der Waals surface area contributed by atoms with E-state index in [9.17, 15) is 4.39 Å². The van der Waals surface area contributed by atoms with E-state index >= 15 is 0 Å². The van der Waals surface area contributed by atoms with E-state index in [2.05, 4.69) is 5.32 Å². The topological polar surface area (TPSA) is 47.3 Å². The minimum absolute atomic E-state index is 0.181. The van der Waals surface area contributed by atoms with E-state index in [1.807, 2.05) is 6.07 Å². The van der Waals surface area contributed by atoms with Crippen LogP contribution in [0, 0.1) is 5.82 Å². The van der Waals surface area contributed by atoms with Crippen LogP contribution in [0.3, 0.4) is 0 Å². The van der Waals surface area contributed by atoms with Crippen molar-refractivity contribution in [1.29, 1.82) is 0 Å². The first-order valence-corrected chi connectivity index (χ1v) is 6.89. The quantitative estimate of drug-likeness (QED) is 0.886. The molecule has 1 unspecified atom stereocenters. The Morgan fingerprint density at radius 3 is 2.79 bits per heavy atom. The summed E-state index contributed by atoms with van der Waals surface area (Å²) in [6.45, 7) is 0.341. The van der Waals surface area contributed by atoms with Gasteiger partial charge in [0, 0.05) is 17.5 Å². The largest absolute Gasteiger partial charge is 0.497 e. The molecule has 0 saturated heterocycles. The van der Waals surface area contributed by atoms with Gasteiger partial charge in [-0.25, -0.2) is 4.39 Å². The summed E-state index contributed by atoms with van der Waals surface area (Å²) in [6.07, 6.45) is 0. The van der Waals surface area contributed by atoms with Crippen LogP contribution >= 0.6 is 22.9 Å². The van der Waals surface area contributed by atoms with Crippen LogP contribution in [0.4, 0.5) is 10.1 Å². The van der Waals surface area contributed by atoms with Gasteiger partial charge in [-0.2, -0.15) is 0 Å². The molecule has 3 nitrogen and oxygen atoms in total. The van der Waals surface area contributed by atoms with E-state index < -0.39 is 0 Å². The first-order chi connectivity index (χ1) is 9.13. The number of halogens is 2. The third-order valence-corrected chi connectivity index (χ3v) is 4.02. The first-order valence-electron chi connectivity index (χ1n) is 5.69. The minimum Gasteiger partial charge on any atom is -0.497 e. The zero-order valence-corrected chi connectivity index (χ0v) is 11.9. The van der Waals surface area contributed by atoms with Gasteiger partial charge in [0.25, 0.3) is 0 Å². The maximum absolute atomic E-state index is 13.7. The molecule has 1 atom stereocenters. The summed E-state index contributed by atoms with van der Waals surface area (Å²) in [4.78, 5) is 0.967. The summed E-state index contributed by atoms with van der Waals surface area (Å²) >= 11 is 7.32. The lowest BCUT2D eigenvalue weighted by molar-refractivity contribution is 0.414. The van der Waals surface area contributed by atoms with Crippen molar-refractivity contribution in [2.75, 3.05) is 19.0 Å². The minimum atomic E-state index is -0.345. The Hall–Kier alpha value is -1.30.